The van der Waals surface area contributed by atoms with Crippen molar-refractivity contribution in [3.63, 3.8) is 0 Å². The Morgan fingerprint density at radius 1 is 1.19 bits per heavy atom. The maximum atomic E-state index is 9.60. The number of aromatic hydroxyl groups is 1. The minimum Gasteiger partial charge on any atom is -0.504 e. The van der Waals surface area contributed by atoms with Crippen LogP contribution in [0.15, 0.2) is 18.2 Å². The van der Waals surface area contributed by atoms with E-state index >= 15 is 0 Å². The third-order valence-corrected chi connectivity index (χ3v) is 2.27. The molecule has 0 aromatic heterocycles. The van der Waals surface area contributed by atoms with Crippen LogP contribution in [0.4, 0.5) is 5.69 Å². The molecule has 1 rings (SSSR count). The number of aliphatic hydroxyl groups is 2. The van der Waals surface area contributed by atoms with Crippen LogP contribution in [0, 0.1) is 0 Å². The monoisotopic (exact) mass is 227 g/mol. The third-order valence-electron chi connectivity index (χ3n) is 2.27. The summed E-state index contributed by atoms with van der Waals surface area (Å²) >= 11 is 0. The summed E-state index contributed by atoms with van der Waals surface area (Å²) in [5.41, 5.74) is 0.737. The molecule has 3 N–H and O–H groups in total. The van der Waals surface area contributed by atoms with E-state index in [9.17, 15) is 5.11 Å². The predicted octanol–water partition coefficient (Wildman–Crippen LogP) is 0.192. The highest BCUT2D eigenvalue weighted by Crippen LogP contribution is 2.30. The molecule has 16 heavy (non-hydrogen) atoms. The second-order valence-electron chi connectivity index (χ2n) is 3.29. The average molecular weight is 227 g/mol. The number of anilines is 1. The number of hydrogen-bond donors (Lipinski definition) is 3. The fourth-order valence-corrected chi connectivity index (χ4v) is 1.49. The van der Waals surface area contributed by atoms with Crippen LogP contribution < -0.4 is 9.64 Å². The summed E-state index contributed by atoms with van der Waals surface area (Å²) in [5, 5.41) is 27.4. The van der Waals surface area contributed by atoms with Gasteiger partial charge in [-0.05, 0) is 12.1 Å². The van der Waals surface area contributed by atoms with Gasteiger partial charge in [-0.3, -0.25) is 0 Å². The highest BCUT2D eigenvalue weighted by atomic mass is 16.5. The minimum absolute atomic E-state index is 0.00715. The Kier molecular flexibility index (Phi) is 4.88. The van der Waals surface area contributed by atoms with Crippen molar-refractivity contribution in [3.8, 4) is 11.5 Å². The lowest BCUT2D eigenvalue weighted by atomic mass is 10.2. The molecule has 0 aliphatic carbocycles. The van der Waals surface area contributed by atoms with Gasteiger partial charge in [0.2, 0.25) is 0 Å². The molecular weight excluding hydrogens is 210 g/mol. The summed E-state index contributed by atoms with van der Waals surface area (Å²) in [7, 11) is 1.48. The molecule has 0 amide bonds. The Balaban J connectivity index is 2.87. The second kappa shape index (κ2) is 6.19. The molecule has 5 nitrogen and oxygen atoms in total. The topological polar surface area (TPSA) is 73.2 Å². The lowest BCUT2D eigenvalue weighted by molar-refractivity contribution is 0.281. The number of hydrogen-bond acceptors (Lipinski definition) is 5. The molecule has 0 bridgehead atoms. The van der Waals surface area contributed by atoms with Crippen molar-refractivity contribution in [2.75, 3.05) is 38.3 Å². The van der Waals surface area contributed by atoms with Crippen LogP contribution in [0.2, 0.25) is 0 Å². The molecule has 0 heterocycles. The van der Waals surface area contributed by atoms with Crippen LogP contribution in [0.3, 0.4) is 0 Å². The van der Waals surface area contributed by atoms with Crippen molar-refractivity contribution in [3.05, 3.63) is 18.2 Å². The molecule has 0 aliphatic heterocycles. The Morgan fingerprint density at radius 3 is 2.25 bits per heavy atom. The quantitative estimate of drug-likeness (QED) is 0.647. The zero-order valence-corrected chi connectivity index (χ0v) is 9.26. The lowest BCUT2D eigenvalue weighted by Gasteiger charge is -2.23. The number of phenolic OH excluding ortho intramolecular Hbond substituents is 1. The zero-order valence-electron chi connectivity index (χ0n) is 9.26. The summed E-state index contributed by atoms with van der Waals surface area (Å²) in [6.07, 6.45) is 0. The molecule has 0 saturated carbocycles. The van der Waals surface area contributed by atoms with Crippen molar-refractivity contribution >= 4 is 5.69 Å². The van der Waals surface area contributed by atoms with Gasteiger partial charge >= 0.3 is 0 Å². The Bertz CT molecular complexity index is 324. The molecule has 90 valence electrons. The number of phenols is 1. The van der Waals surface area contributed by atoms with Crippen LogP contribution in [0.5, 0.6) is 11.5 Å². The van der Waals surface area contributed by atoms with Gasteiger partial charge in [-0.2, -0.15) is 0 Å². The molecule has 1 aromatic rings. The fraction of sp³-hybridized carbons (Fsp3) is 0.455. The first-order chi connectivity index (χ1) is 7.72. The van der Waals surface area contributed by atoms with E-state index in [-0.39, 0.29) is 19.0 Å². The van der Waals surface area contributed by atoms with Crippen LogP contribution in [-0.4, -0.2) is 48.7 Å². The molecule has 0 fully saturated rings. The molecule has 0 aliphatic rings. The first-order valence-electron chi connectivity index (χ1n) is 5.06. The SMILES string of the molecule is COc1ccc(N(CCO)CCO)cc1O. The Labute approximate surface area is 94.5 Å². The van der Waals surface area contributed by atoms with E-state index in [1.807, 2.05) is 0 Å². The Morgan fingerprint density at radius 2 is 1.81 bits per heavy atom. The van der Waals surface area contributed by atoms with Crippen molar-refractivity contribution in [1.29, 1.82) is 0 Å². The second-order valence-corrected chi connectivity index (χ2v) is 3.29. The first kappa shape index (κ1) is 12.6. The largest absolute Gasteiger partial charge is 0.504 e. The fourth-order valence-electron chi connectivity index (χ4n) is 1.49. The van der Waals surface area contributed by atoms with E-state index < -0.39 is 0 Å². The molecule has 0 unspecified atom stereocenters. The van der Waals surface area contributed by atoms with Gasteiger partial charge in [-0.25, -0.2) is 0 Å². The maximum absolute atomic E-state index is 9.60. The van der Waals surface area contributed by atoms with E-state index in [2.05, 4.69) is 0 Å². The Hall–Kier alpha value is -1.46. The van der Waals surface area contributed by atoms with Gasteiger partial charge in [0.1, 0.15) is 0 Å². The molecule has 0 radical (unpaired) electrons. The van der Waals surface area contributed by atoms with Gasteiger partial charge < -0.3 is 25.0 Å². The normalized spacial score (nSPS) is 10.2. The van der Waals surface area contributed by atoms with Crippen LogP contribution in [0.1, 0.15) is 0 Å². The summed E-state index contributed by atoms with van der Waals surface area (Å²) < 4.78 is 4.93. The first-order valence-corrected chi connectivity index (χ1v) is 5.06. The molecule has 0 atom stereocenters. The summed E-state index contributed by atoms with van der Waals surface area (Å²) in [6, 6.07) is 4.96. The number of nitrogens with zero attached hydrogens (tertiary/aromatic N) is 1. The van der Waals surface area contributed by atoms with E-state index in [0.29, 0.717) is 18.8 Å². The van der Waals surface area contributed by atoms with Gasteiger partial charge in [-0.15, -0.1) is 0 Å². The van der Waals surface area contributed by atoms with Crippen LogP contribution >= 0.6 is 0 Å². The summed E-state index contributed by atoms with van der Waals surface area (Å²) in [5.74, 6) is 0.442. The summed E-state index contributed by atoms with van der Waals surface area (Å²) in [4.78, 5) is 1.78. The van der Waals surface area contributed by atoms with E-state index in [1.165, 1.54) is 7.11 Å². The van der Waals surface area contributed by atoms with Gasteiger partial charge in [0.15, 0.2) is 11.5 Å². The minimum atomic E-state index is -0.00715. The average Bonchev–Trinajstić information content (AvgIpc) is 2.28. The molecule has 0 saturated heterocycles. The zero-order chi connectivity index (χ0) is 12.0. The molecule has 5 heteroatoms. The van der Waals surface area contributed by atoms with E-state index in [1.54, 1.807) is 23.1 Å². The van der Waals surface area contributed by atoms with Gasteiger partial charge in [0.25, 0.3) is 0 Å². The van der Waals surface area contributed by atoms with Crippen molar-refractivity contribution in [1.82, 2.24) is 0 Å². The van der Waals surface area contributed by atoms with Gasteiger partial charge in [0.05, 0.1) is 20.3 Å². The number of benzene rings is 1. The van der Waals surface area contributed by atoms with Crippen LogP contribution in [-0.2, 0) is 0 Å². The number of methoxy groups -OCH3 is 1. The van der Waals surface area contributed by atoms with Crippen molar-refractivity contribution in [2.45, 2.75) is 0 Å². The molecular formula is C11H17NO4. The van der Waals surface area contributed by atoms with Crippen molar-refractivity contribution in [2.24, 2.45) is 0 Å². The number of ether oxygens (including phenoxy) is 1. The number of rotatable bonds is 6. The highest BCUT2D eigenvalue weighted by Gasteiger charge is 2.08. The third kappa shape index (κ3) is 3.01. The van der Waals surface area contributed by atoms with E-state index in [4.69, 9.17) is 14.9 Å². The standard InChI is InChI=1S/C11H17NO4/c1-16-11-3-2-9(8-10(11)15)12(4-6-13)5-7-14/h2-3,8,13-15H,4-7H2,1H3. The van der Waals surface area contributed by atoms with Crippen molar-refractivity contribution < 1.29 is 20.1 Å². The van der Waals surface area contributed by atoms with Gasteiger partial charge in [-0.1, -0.05) is 0 Å². The van der Waals surface area contributed by atoms with E-state index in [0.717, 1.165) is 5.69 Å². The van der Waals surface area contributed by atoms with Crippen LogP contribution in [0.25, 0.3) is 0 Å². The number of aliphatic hydroxyl groups excluding tert-OH is 2. The highest BCUT2D eigenvalue weighted by molar-refractivity contribution is 5.55. The lowest BCUT2D eigenvalue weighted by Crippen LogP contribution is -2.29. The molecule has 0 spiro atoms. The summed E-state index contributed by atoms with van der Waals surface area (Å²) in [6.45, 7) is 0.804. The maximum Gasteiger partial charge on any atom is 0.160 e. The predicted molar refractivity (Wildman–Crippen MR) is 61.0 cm³/mol. The smallest absolute Gasteiger partial charge is 0.160 e. The molecule has 1 aromatic carbocycles. The van der Waals surface area contributed by atoms with Gasteiger partial charge in [0, 0.05) is 24.8 Å².